The Kier molecular flexibility index (Phi) is 7.51. The highest BCUT2D eigenvalue weighted by molar-refractivity contribution is 7.89. The number of rotatable bonds is 7. The molecule has 2 aromatic rings. The van der Waals surface area contributed by atoms with Crippen molar-refractivity contribution in [1.82, 2.24) is 9.62 Å². The first-order chi connectivity index (χ1) is 14.7. The maximum absolute atomic E-state index is 12.8. The van der Waals surface area contributed by atoms with Crippen LogP contribution in [0.3, 0.4) is 0 Å². The molecule has 1 saturated heterocycles. The average Bonchev–Trinajstić information content (AvgIpc) is 2.75. The van der Waals surface area contributed by atoms with E-state index < -0.39 is 10.0 Å². The number of likely N-dealkylation sites (tertiary alicyclic amines) is 1. The maximum Gasteiger partial charge on any atom is 0.241 e. The topological polar surface area (TPSA) is 78.5 Å². The number of piperidine rings is 1. The standard InChI is InChI=1S/C24H33N3O3S/c1-17-8-11-22(12-9-17)31(29,30)25-15-21-6-5-13-27(16-21)20(4)24(28)26-23-14-18(2)7-10-19(23)3/h7-12,14,20-21,25H,5-6,13,15-16H2,1-4H3,(H,26,28). The molecule has 0 spiro atoms. The Bertz CT molecular complexity index is 1020. The lowest BCUT2D eigenvalue weighted by Crippen LogP contribution is -2.49. The number of anilines is 1. The fourth-order valence-electron chi connectivity index (χ4n) is 3.92. The van der Waals surface area contributed by atoms with Gasteiger partial charge in [0, 0.05) is 18.8 Å². The van der Waals surface area contributed by atoms with Crippen LogP contribution in [0.5, 0.6) is 0 Å². The summed E-state index contributed by atoms with van der Waals surface area (Å²) in [7, 11) is -3.53. The monoisotopic (exact) mass is 443 g/mol. The molecule has 1 aliphatic rings. The third-order valence-electron chi connectivity index (χ3n) is 6.02. The van der Waals surface area contributed by atoms with E-state index in [1.54, 1.807) is 24.3 Å². The number of nitrogens with one attached hydrogen (secondary N) is 2. The van der Waals surface area contributed by atoms with E-state index in [4.69, 9.17) is 0 Å². The van der Waals surface area contributed by atoms with Gasteiger partial charge < -0.3 is 5.32 Å². The van der Waals surface area contributed by atoms with Crippen LogP contribution in [0.4, 0.5) is 5.69 Å². The Morgan fingerprint density at radius 2 is 1.77 bits per heavy atom. The summed E-state index contributed by atoms with van der Waals surface area (Å²) in [6.07, 6.45) is 1.89. The first-order valence-corrected chi connectivity index (χ1v) is 12.3. The van der Waals surface area contributed by atoms with Gasteiger partial charge in [0.1, 0.15) is 0 Å². The maximum atomic E-state index is 12.8. The molecule has 3 rings (SSSR count). The SMILES string of the molecule is Cc1ccc(S(=O)(=O)NCC2CCCN(C(C)C(=O)Nc3cc(C)ccc3C)C2)cc1. The smallest absolute Gasteiger partial charge is 0.241 e. The lowest BCUT2D eigenvalue weighted by molar-refractivity contribution is -0.121. The van der Waals surface area contributed by atoms with E-state index in [0.717, 1.165) is 41.8 Å². The third-order valence-corrected chi connectivity index (χ3v) is 7.46. The molecular formula is C24H33N3O3S. The van der Waals surface area contributed by atoms with E-state index in [1.807, 2.05) is 45.9 Å². The van der Waals surface area contributed by atoms with Crippen LogP contribution in [-0.4, -0.2) is 44.9 Å². The lowest BCUT2D eigenvalue weighted by atomic mass is 9.97. The zero-order valence-corrected chi connectivity index (χ0v) is 19.6. The Morgan fingerprint density at radius 3 is 2.48 bits per heavy atom. The van der Waals surface area contributed by atoms with E-state index in [1.165, 1.54) is 0 Å². The van der Waals surface area contributed by atoms with Gasteiger partial charge in [-0.25, -0.2) is 13.1 Å². The van der Waals surface area contributed by atoms with Crippen LogP contribution in [0, 0.1) is 26.7 Å². The minimum Gasteiger partial charge on any atom is -0.324 e. The van der Waals surface area contributed by atoms with E-state index in [0.29, 0.717) is 13.1 Å². The number of sulfonamides is 1. The number of nitrogens with zero attached hydrogens (tertiary/aromatic N) is 1. The molecule has 2 atom stereocenters. The van der Waals surface area contributed by atoms with Crippen molar-refractivity contribution in [1.29, 1.82) is 0 Å². The second-order valence-electron chi connectivity index (χ2n) is 8.65. The molecule has 0 radical (unpaired) electrons. The van der Waals surface area contributed by atoms with Crippen LogP contribution in [0.1, 0.15) is 36.5 Å². The zero-order chi connectivity index (χ0) is 22.6. The van der Waals surface area contributed by atoms with Crippen molar-refractivity contribution in [2.45, 2.75) is 51.5 Å². The molecule has 6 nitrogen and oxygen atoms in total. The molecule has 0 aromatic heterocycles. The summed E-state index contributed by atoms with van der Waals surface area (Å²) >= 11 is 0. The molecule has 1 heterocycles. The van der Waals surface area contributed by atoms with Gasteiger partial charge in [0.2, 0.25) is 15.9 Å². The fourth-order valence-corrected chi connectivity index (χ4v) is 5.03. The molecule has 2 unspecified atom stereocenters. The number of aryl methyl sites for hydroxylation is 3. The van der Waals surface area contributed by atoms with Crippen LogP contribution >= 0.6 is 0 Å². The van der Waals surface area contributed by atoms with Crippen LogP contribution < -0.4 is 10.0 Å². The normalized spacial score (nSPS) is 18.5. The molecule has 0 saturated carbocycles. The summed E-state index contributed by atoms with van der Waals surface area (Å²) in [5.74, 6) is 0.138. The zero-order valence-electron chi connectivity index (χ0n) is 18.8. The summed E-state index contributed by atoms with van der Waals surface area (Å²) < 4.78 is 27.9. The number of hydrogen-bond donors (Lipinski definition) is 2. The first-order valence-electron chi connectivity index (χ1n) is 10.8. The molecule has 31 heavy (non-hydrogen) atoms. The fraction of sp³-hybridized carbons (Fsp3) is 0.458. The highest BCUT2D eigenvalue weighted by Gasteiger charge is 2.28. The van der Waals surface area contributed by atoms with Gasteiger partial charge in [0.15, 0.2) is 0 Å². The van der Waals surface area contributed by atoms with Crippen molar-refractivity contribution in [3.05, 3.63) is 59.2 Å². The molecule has 0 aliphatic carbocycles. The van der Waals surface area contributed by atoms with E-state index >= 15 is 0 Å². The van der Waals surface area contributed by atoms with Gasteiger partial charge in [-0.1, -0.05) is 29.8 Å². The highest BCUT2D eigenvalue weighted by atomic mass is 32.2. The van der Waals surface area contributed by atoms with Crippen LogP contribution in [-0.2, 0) is 14.8 Å². The van der Waals surface area contributed by atoms with Crippen molar-refractivity contribution in [3.63, 3.8) is 0 Å². The number of hydrogen-bond acceptors (Lipinski definition) is 4. The second-order valence-corrected chi connectivity index (χ2v) is 10.4. The predicted octanol–water partition coefficient (Wildman–Crippen LogP) is 3.63. The minimum atomic E-state index is -3.53. The van der Waals surface area contributed by atoms with Gasteiger partial charge >= 0.3 is 0 Å². The predicted molar refractivity (Wildman–Crippen MR) is 125 cm³/mol. The van der Waals surface area contributed by atoms with Gasteiger partial charge in [-0.05, 0) is 82.3 Å². The Balaban J connectivity index is 1.57. The molecule has 0 bridgehead atoms. The minimum absolute atomic E-state index is 0.0328. The van der Waals surface area contributed by atoms with Crippen molar-refractivity contribution in [2.24, 2.45) is 5.92 Å². The van der Waals surface area contributed by atoms with E-state index in [2.05, 4.69) is 14.9 Å². The van der Waals surface area contributed by atoms with Crippen molar-refractivity contribution in [3.8, 4) is 0 Å². The summed E-state index contributed by atoms with van der Waals surface area (Å²) in [4.78, 5) is 15.3. The molecule has 168 valence electrons. The van der Waals surface area contributed by atoms with Crippen LogP contribution in [0.25, 0.3) is 0 Å². The van der Waals surface area contributed by atoms with E-state index in [-0.39, 0.29) is 22.8 Å². The molecule has 1 amide bonds. The Morgan fingerprint density at radius 1 is 1.10 bits per heavy atom. The molecule has 2 aromatic carbocycles. The van der Waals surface area contributed by atoms with Gasteiger partial charge in [-0.15, -0.1) is 0 Å². The summed E-state index contributed by atoms with van der Waals surface area (Å²) in [6.45, 7) is 9.73. The lowest BCUT2D eigenvalue weighted by Gasteiger charge is -2.36. The number of amides is 1. The molecule has 7 heteroatoms. The molecule has 2 N–H and O–H groups in total. The Labute approximate surface area is 186 Å². The second kappa shape index (κ2) is 9.94. The summed E-state index contributed by atoms with van der Waals surface area (Å²) in [5, 5.41) is 3.05. The molecular weight excluding hydrogens is 410 g/mol. The number of benzene rings is 2. The third kappa shape index (κ3) is 6.15. The molecule has 1 fully saturated rings. The first kappa shape index (κ1) is 23.4. The van der Waals surface area contributed by atoms with Crippen molar-refractivity contribution >= 4 is 21.6 Å². The van der Waals surface area contributed by atoms with Gasteiger partial charge in [0.25, 0.3) is 0 Å². The van der Waals surface area contributed by atoms with Gasteiger partial charge in [-0.2, -0.15) is 0 Å². The number of carbonyl (C=O) groups excluding carboxylic acids is 1. The van der Waals surface area contributed by atoms with Crippen LogP contribution in [0.15, 0.2) is 47.4 Å². The summed E-state index contributed by atoms with van der Waals surface area (Å²) in [6, 6.07) is 12.6. The van der Waals surface area contributed by atoms with Gasteiger partial charge in [0.05, 0.1) is 10.9 Å². The van der Waals surface area contributed by atoms with Crippen LogP contribution in [0.2, 0.25) is 0 Å². The quantitative estimate of drug-likeness (QED) is 0.685. The average molecular weight is 444 g/mol. The van der Waals surface area contributed by atoms with Gasteiger partial charge in [-0.3, -0.25) is 9.69 Å². The van der Waals surface area contributed by atoms with E-state index in [9.17, 15) is 13.2 Å². The molecule has 1 aliphatic heterocycles. The van der Waals surface area contributed by atoms with Crippen molar-refractivity contribution in [2.75, 3.05) is 25.0 Å². The Hall–Kier alpha value is -2.22. The van der Waals surface area contributed by atoms with Crippen molar-refractivity contribution < 1.29 is 13.2 Å². The number of carbonyl (C=O) groups is 1. The summed E-state index contributed by atoms with van der Waals surface area (Å²) in [5.41, 5.74) is 4.01. The largest absolute Gasteiger partial charge is 0.324 e. The highest BCUT2D eigenvalue weighted by Crippen LogP contribution is 2.21.